The van der Waals surface area contributed by atoms with E-state index in [1.165, 1.54) is 0 Å². The molecule has 0 atom stereocenters. The summed E-state index contributed by atoms with van der Waals surface area (Å²) in [4.78, 5) is 19.3. The first-order chi connectivity index (χ1) is 24.7. The molecule has 1 aliphatic rings. The highest BCUT2D eigenvalue weighted by atomic mass is 16.3. The maximum atomic E-state index is 11.8. The molecular weight excluding hydrogens is 641 g/mol. The molecule has 6 nitrogen and oxygen atoms in total. The number of aromatic hydroxyl groups is 2. The predicted molar refractivity (Wildman–Crippen MR) is 222 cm³/mol. The van der Waals surface area contributed by atoms with Crippen molar-refractivity contribution in [2.45, 2.75) is 92.9 Å². The number of hydrogen-bond acceptors (Lipinski definition) is 6. The molecule has 1 aliphatic heterocycles. The van der Waals surface area contributed by atoms with Gasteiger partial charge in [-0.15, -0.1) is 0 Å². The van der Waals surface area contributed by atoms with Crippen LogP contribution < -0.4 is 0 Å². The smallest absolute Gasteiger partial charge is 0.134 e. The van der Waals surface area contributed by atoms with E-state index < -0.39 is 0 Å². The molecular formula is C46H54N4O2. The lowest BCUT2D eigenvalue weighted by Crippen LogP contribution is -2.14. The van der Waals surface area contributed by atoms with E-state index in [1.807, 2.05) is 113 Å². The Balaban J connectivity index is 0.00000297. The molecule has 52 heavy (non-hydrogen) atoms. The number of hydrogen-bond donors (Lipinski definition) is 2. The molecule has 0 saturated heterocycles. The fourth-order valence-corrected chi connectivity index (χ4v) is 5.75. The standard InChI is InChI=1S/C44H48N4O2.C2H6/c1-10-22-45-36(11-2)32-24-30(43(4,5)6)26-34(41(32)49)38-19-14-12-13-17-29-20-21-39(48-40(29)28(3)47-38)35-27-31(44(7,8)9)25-33(42(35)50)37-18-15-16-23-46-37;1-2/h11,13-27,49-50H,3,10,12H2,1-2,4-9H3;1-2H3/b17-13-,19-14-,36-11-,45-22?,47-38?;. The summed E-state index contributed by atoms with van der Waals surface area (Å²) < 4.78 is 0. The van der Waals surface area contributed by atoms with Crippen molar-refractivity contribution in [3.63, 3.8) is 0 Å². The Bertz CT molecular complexity index is 2070. The van der Waals surface area contributed by atoms with Gasteiger partial charge in [-0.05, 0) is 90.3 Å². The maximum absolute atomic E-state index is 11.8. The van der Waals surface area contributed by atoms with Crippen LogP contribution in [0.25, 0.3) is 40.0 Å². The number of phenolic OH excluding ortho intramolecular Hbond substituents is 2. The minimum atomic E-state index is -0.203. The van der Waals surface area contributed by atoms with Crippen LogP contribution in [-0.2, 0) is 10.8 Å². The topological polar surface area (TPSA) is 91.0 Å². The number of nitrogens with zero attached hydrogens (tertiary/aromatic N) is 4. The minimum Gasteiger partial charge on any atom is -0.507 e. The van der Waals surface area contributed by atoms with Gasteiger partial charge in [-0.2, -0.15) is 0 Å². The molecule has 2 aromatic carbocycles. The minimum absolute atomic E-state index is 0.107. The summed E-state index contributed by atoms with van der Waals surface area (Å²) in [5.41, 5.74) is 8.59. The van der Waals surface area contributed by atoms with Crippen LogP contribution in [0.4, 0.5) is 0 Å². The monoisotopic (exact) mass is 694 g/mol. The van der Waals surface area contributed by atoms with Crippen LogP contribution in [0.2, 0.25) is 0 Å². The zero-order valence-electron chi connectivity index (χ0n) is 32.5. The molecule has 0 amide bonds. The van der Waals surface area contributed by atoms with Crippen LogP contribution in [-0.4, -0.2) is 32.1 Å². The highest BCUT2D eigenvalue weighted by Gasteiger charge is 2.24. The fourth-order valence-electron chi connectivity index (χ4n) is 5.75. The van der Waals surface area contributed by atoms with Gasteiger partial charge in [-0.1, -0.05) is 105 Å². The second-order valence-electron chi connectivity index (χ2n) is 14.6. The Kier molecular flexibility index (Phi) is 12.7. The average molecular weight is 695 g/mol. The lowest BCUT2D eigenvalue weighted by molar-refractivity contribution is 0.471. The Hall–Kier alpha value is -5.36. The number of aliphatic imine (C=N–C) groups is 2. The number of aromatic nitrogens is 2. The zero-order chi connectivity index (χ0) is 38.2. The van der Waals surface area contributed by atoms with Crippen molar-refractivity contribution in [2.24, 2.45) is 9.98 Å². The normalized spacial score (nSPS) is 15.0. The SMILES string of the molecule is C=C1N=C(c2cc(C(C)(C)C)cc(/C(=C/C)N=CCC)c2O)/C=C\C/C=C\c2ccc(-c3cc(C(C)(C)C)cc(-c4ccccn4)c3O)nc21.CC. The van der Waals surface area contributed by atoms with Crippen LogP contribution in [0, 0.1) is 0 Å². The van der Waals surface area contributed by atoms with Gasteiger partial charge >= 0.3 is 0 Å². The van der Waals surface area contributed by atoms with Crippen LogP contribution in [0.3, 0.4) is 0 Å². The second-order valence-corrected chi connectivity index (χ2v) is 14.6. The summed E-state index contributed by atoms with van der Waals surface area (Å²) in [6.45, 7) is 25.2. The summed E-state index contributed by atoms with van der Waals surface area (Å²) in [6.07, 6.45) is 15.0. The van der Waals surface area contributed by atoms with Gasteiger partial charge in [-0.25, -0.2) is 9.98 Å². The first kappa shape index (κ1) is 39.4. The number of benzene rings is 2. The molecule has 0 radical (unpaired) electrons. The quantitative estimate of drug-likeness (QED) is 0.197. The molecule has 270 valence electrons. The van der Waals surface area contributed by atoms with E-state index in [-0.39, 0.29) is 22.3 Å². The van der Waals surface area contributed by atoms with Gasteiger partial charge in [0.25, 0.3) is 0 Å². The van der Waals surface area contributed by atoms with Crippen molar-refractivity contribution < 1.29 is 10.2 Å². The molecule has 0 aliphatic carbocycles. The van der Waals surface area contributed by atoms with Crippen molar-refractivity contribution in [1.82, 2.24) is 9.97 Å². The number of phenols is 2. The molecule has 0 unspecified atom stereocenters. The lowest BCUT2D eigenvalue weighted by Gasteiger charge is -2.23. The molecule has 0 spiro atoms. The molecule has 0 fully saturated rings. The molecule has 0 bridgehead atoms. The third kappa shape index (κ3) is 8.92. The van der Waals surface area contributed by atoms with E-state index in [1.54, 1.807) is 6.20 Å². The van der Waals surface area contributed by atoms with Gasteiger partial charge in [0.15, 0.2) is 0 Å². The average Bonchev–Trinajstić information content (AvgIpc) is 3.12. The zero-order valence-corrected chi connectivity index (χ0v) is 32.5. The summed E-state index contributed by atoms with van der Waals surface area (Å²) in [7, 11) is 0. The van der Waals surface area contributed by atoms with Crippen molar-refractivity contribution in [2.75, 3.05) is 0 Å². The van der Waals surface area contributed by atoms with E-state index in [9.17, 15) is 10.2 Å². The van der Waals surface area contributed by atoms with Crippen molar-refractivity contribution in [1.29, 1.82) is 0 Å². The second kappa shape index (κ2) is 16.8. The Morgan fingerprint density at radius 3 is 2.08 bits per heavy atom. The molecule has 4 aromatic rings. The molecule has 0 saturated carbocycles. The van der Waals surface area contributed by atoms with Crippen LogP contribution in [0.1, 0.15) is 116 Å². The number of allylic oxidation sites excluding steroid dienone is 4. The van der Waals surface area contributed by atoms with Gasteiger partial charge in [-0.3, -0.25) is 9.98 Å². The summed E-state index contributed by atoms with van der Waals surface area (Å²) in [5.74, 6) is 0.218. The lowest BCUT2D eigenvalue weighted by atomic mass is 9.83. The predicted octanol–water partition coefficient (Wildman–Crippen LogP) is 12.1. The Morgan fingerprint density at radius 2 is 1.46 bits per heavy atom. The van der Waals surface area contributed by atoms with Gasteiger partial charge < -0.3 is 10.2 Å². The van der Waals surface area contributed by atoms with Gasteiger partial charge in [0.05, 0.1) is 34.2 Å². The number of pyridine rings is 2. The van der Waals surface area contributed by atoms with Gasteiger partial charge in [0, 0.05) is 40.2 Å². The summed E-state index contributed by atoms with van der Waals surface area (Å²) in [5, 5.41) is 23.5. The third-order valence-electron chi connectivity index (χ3n) is 8.71. The highest BCUT2D eigenvalue weighted by Crippen LogP contribution is 2.42. The van der Waals surface area contributed by atoms with E-state index in [0.29, 0.717) is 62.9 Å². The molecule has 6 heteroatoms. The van der Waals surface area contributed by atoms with Gasteiger partial charge in [0.2, 0.25) is 0 Å². The van der Waals surface area contributed by atoms with Crippen LogP contribution in [0.5, 0.6) is 11.5 Å². The van der Waals surface area contributed by atoms with E-state index >= 15 is 0 Å². The van der Waals surface area contributed by atoms with E-state index in [0.717, 1.165) is 23.1 Å². The Morgan fingerprint density at radius 1 is 0.827 bits per heavy atom. The number of rotatable bonds is 6. The summed E-state index contributed by atoms with van der Waals surface area (Å²) in [6, 6.07) is 17.6. The molecule has 5 rings (SSSR count). The fraction of sp³-hybridized carbons (Fsp3) is 0.304. The first-order valence-corrected chi connectivity index (χ1v) is 18.2. The van der Waals surface area contributed by atoms with Crippen molar-refractivity contribution >= 4 is 29.4 Å². The van der Waals surface area contributed by atoms with E-state index in [2.05, 4.69) is 64.2 Å². The maximum Gasteiger partial charge on any atom is 0.134 e. The van der Waals surface area contributed by atoms with Crippen molar-refractivity contribution in [3.05, 3.63) is 125 Å². The Labute approximate surface area is 310 Å². The third-order valence-corrected chi connectivity index (χ3v) is 8.71. The molecule has 2 N–H and O–H groups in total. The summed E-state index contributed by atoms with van der Waals surface area (Å²) >= 11 is 0. The van der Waals surface area contributed by atoms with Crippen LogP contribution >= 0.6 is 0 Å². The number of fused-ring (bicyclic) bond motifs is 1. The van der Waals surface area contributed by atoms with Crippen molar-refractivity contribution in [3.8, 4) is 34.0 Å². The van der Waals surface area contributed by atoms with Crippen LogP contribution in [0.15, 0.2) is 102 Å². The highest BCUT2D eigenvalue weighted by molar-refractivity contribution is 6.13. The van der Waals surface area contributed by atoms with Gasteiger partial charge in [0.1, 0.15) is 11.5 Å². The largest absolute Gasteiger partial charge is 0.507 e. The molecule has 2 aromatic heterocycles. The van der Waals surface area contributed by atoms with E-state index in [4.69, 9.17) is 9.98 Å². The first-order valence-electron chi connectivity index (χ1n) is 18.2. The molecule has 3 heterocycles.